The summed E-state index contributed by atoms with van der Waals surface area (Å²) in [6.45, 7) is 1.34. The van der Waals surface area contributed by atoms with Crippen LogP contribution >= 0.6 is 0 Å². The van der Waals surface area contributed by atoms with E-state index >= 15 is 0 Å². The predicted molar refractivity (Wildman–Crippen MR) is 64.3 cm³/mol. The first-order valence-corrected chi connectivity index (χ1v) is 5.98. The molecule has 1 aliphatic heterocycles. The minimum absolute atomic E-state index is 0.116. The maximum atomic E-state index is 13.8. The third-order valence-electron chi connectivity index (χ3n) is 3.03. The van der Waals surface area contributed by atoms with Gasteiger partial charge in [0.15, 0.2) is 0 Å². The normalized spacial score (nSPS) is 18.0. The van der Waals surface area contributed by atoms with Crippen LogP contribution in [0, 0.1) is 27.7 Å². The number of hydrogen-bond donors (Lipinski definition) is 1. The van der Waals surface area contributed by atoms with Crippen molar-refractivity contribution in [3.8, 4) is 0 Å². The summed E-state index contributed by atoms with van der Waals surface area (Å²) in [7, 11) is 0. The predicted octanol–water partition coefficient (Wildman–Crippen LogP) is 1.64. The minimum atomic E-state index is -1.34. The summed E-state index contributed by atoms with van der Waals surface area (Å²) >= 11 is 0. The number of benzene rings is 1. The van der Waals surface area contributed by atoms with Crippen LogP contribution in [0.5, 0.6) is 0 Å². The Morgan fingerprint density at radius 1 is 1.50 bits per heavy atom. The SMILES string of the molecule is O=C(NCC1CCOC1)c1cc(F)cc([N+](=O)[O-])c1F. The summed E-state index contributed by atoms with van der Waals surface area (Å²) in [6, 6.07) is 1.08. The van der Waals surface area contributed by atoms with Crippen LogP contribution in [-0.2, 0) is 4.74 Å². The number of carbonyl (C=O) groups is 1. The molecule has 108 valence electrons. The van der Waals surface area contributed by atoms with Gasteiger partial charge >= 0.3 is 5.69 Å². The molecule has 1 heterocycles. The largest absolute Gasteiger partial charge is 0.381 e. The van der Waals surface area contributed by atoms with Crippen molar-refractivity contribution in [2.75, 3.05) is 19.8 Å². The monoisotopic (exact) mass is 286 g/mol. The summed E-state index contributed by atoms with van der Waals surface area (Å²) in [5.41, 5.74) is -1.73. The van der Waals surface area contributed by atoms with E-state index in [4.69, 9.17) is 4.74 Å². The smallest absolute Gasteiger partial charge is 0.308 e. The first-order chi connectivity index (χ1) is 9.49. The zero-order valence-corrected chi connectivity index (χ0v) is 10.4. The molecule has 1 amide bonds. The molecule has 1 aromatic carbocycles. The molecule has 20 heavy (non-hydrogen) atoms. The molecule has 1 saturated heterocycles. The van der Waals surface area contributed by atoms with Crippen molar-refractivity contribution in [1.29, 1.82) is 0 Å². The van der Waals surface area contributed by atoms with Crippen LogP contribution < -0.4 is 5.32 Å². The number of nitro groups is 1. The molecular formula is C12H12F2N2O4. The average Bonchev–Trinajstić information content (AvgIpc) is 2.91. The van der Waals surface area contributed by atoms with E-state index in [0.717, 1.165) is 6.42 Å². The molecule has 1 aromatic rings. The number of carbonyl (C=O) groups excluding carboxylic acids is 1. The Hall–Kier alpha value is -2.09. The Balaban J connectivity index is 2.14. The van der Waals surface area contributed by atoms with Gasteiger partial charge < -0.3 is 10.1 Å². The zero-order valence-electron chi connectivity index (χ0n) is 10.4. The summed E-state index contributed by atoms with van der Waals surface area (Å²) in [4.78, 5) is 21.3. The van der Waals surface area contributed by atoms with Crippen molar-refractivity contribution < 1.29 is 23.2 Å². The Kier molecular flexibility index (Phi) is 4.23. The molecule has 0 aromatic heterocycles. The van der Waals surface area contributed by atoms with Gasteiger partial charge in [-0.25, -0.2) is 4.39 Å². The van der Waals surface area contributed by atoms with Crippen molar-refractivity contribution >= 4 is 11.6 Å². The molecule has 1 N–H and O–H groups in total. The molecule has 0 aliphatic carbocycles. The molecule has 0 saturated carbocycles. The lowest BCUT2D eigenvalue weighted by Crippen LogP contribution is -2.30. The molecular weight excluding hydrogens is 274 g/mol. The molecule has 1 aliphatic rings. The lowest BCUT2D eigenvalue weighted by atomic mass is 10.1. The van der Waals surface area contributed by atoms with Crippen molar-refractivity contribution in [1.82, 2.24) is 5.32 Å². The molecule has 0 bridgehead atoms. The van der Waals surface area contributed by atoms with Crippen LogP contribution in [0.3, 0.4) is 0 Å². The maximum absolute atomic E-state index is 13.8. The van der Waals surface area contributed by atoms with Gasteiger partial charge in [0.25, 0.3) is 5.91 Å². The fourth-order valence-corrected chi connectivity index (χ4v) is 1.95. The topological polar surface area (TPSA) is 81.5 Å². The molecule has 0 radical (unpaired) electrons. The fraction of sp³-hybridized carbons (Fsp3) is 0.417. The molecule has 1 unspecified atom stereocenters. The molecule has 1 atom stereocenters. The van der Waals surface area contributed by atoms with E-state index in [1.165, 1.54) is 0 Å². The lowest BCUT2D eigenvalue weighted by Gasteiger charge is -2.10. The van der Waals surface area contributed by atoms with Gasteiger partial charge in [0.2, 0.25) is 5.82 Å². The van der Waals surface area contributed by atoms with E-state index in [2.05, 4.69) is 5.32 Å². The summed E-state index contributed by atoms with van der Waals surface area (Å²) in [5.74, 6) is -3.13. The van der Waals surface area contributed by atoms with E-state index in [0.29, 0.717) is 25.3 Å². The first-order valence-electron chi connectivity index (χ1n) is 5.98. The quantitative estimate of drug-likeness (QED) is 0.674. The second-order valence-corrected chi connectivity index (χ2v) is 4.48. The van der Waals surface area contributed by atoms with Crippen LogP contribution in [0.25, 0.3) is 0 Å². The van der Waals surface area contributed by atoms with E-state index in [-0.39, 0.29) is 12.5 Å². The highest BCUT2D eigenvalue weighted by Gasteiger charge is 2.25. The van der Waals surface area contributed by atoms with Crippen LogP contribution in [0.1, 0.15) is 16.8 Å². The average molecular weight is 286 g/mol. The van der Waals surface area contributed by atoms with Crippen LogP contribution in [-0.4, -0.2) is 30.6 Å². The number of nitrogens with zero attached hydrogens (tertiary/aromatic N) is 1. The number of rotatable bonds is 4. The Morgan fingerprint density at radius 2 is 2.25 bits per heavy atom. The lowest BCUT2D eigenvalue weighted by molar-refractivity contribution is -0.387. The number of amides is 1. The van der Waals surface area contributed by atoms with Crippen molar-refractivity contribution in [2.24, 2.45) is 5.92 Å². The van der Waals surface area contributed by atoms with Gasteiger partial charge in [-0.1, -0.05) is 0 Å². The van der Waals surface area contributed by atoms with Crippen molar-refractivity contribution in [3.63, 3.8) is 0 Å². The number of nitrogens with one attached hydrogen (secondary N) is 1. The highest BCUT2D eigenvalue weighted by atomic mass is 19.1. The highest BCUT2D eigenvalue weighted by Crippen LogP contribution is 2.22. The molecule has 8 heteroatoms. The Labute approximate surface area is 112 Å². The van der Waals surface area contributed by atoms with Crippen molar-refractivity contribution in [2.45, 2.75) is 6.42 Å². The summed E-state index contributed by atoms with van der Waals surface area (Å²) in [5, 5.41) is 13.0. The molecule has 6 nitrogen and oxygen atoms in total. The third-order valence-corrected chi connectivity index (χ3v) is 3.03. The maximum Gasteiger partial charge on any atom is 0.308 e. The number of halogens is 2. The molecule has 1 fully saturated rings. The van der Waals surface area contributed by atoms with Gasteiger partial charge in [-0.15, -0.1) is 0 Å². The van der Waals surface area contributed by atoms with Crippen LogP contribution in [0.4, 0.5) is 14.5 Å². The number of nitro benzene ring substituents is 1. The summed E-state index contributed by atoms with van der Waals surface area (Å²) in [6.07, 6.45) is 0.770. The highest BCUT2D eigenvalue weighted by molar-refractivity contribution is 5.95. The van der Waals surface area contributed by atoms with Gasteiger partial charge in [-0.05, 0) is 12.5 Å². The number of hydrogen-bond acceptors (Lipinski definition) is 4. The fourth-order valence-electron chi connectivity index (χ4n) is 1.95. The van der Waals surface area contributed by atoms with Gasteiger partial charge in [0.1, 0.15) is 5.82 Å². The van der Waals surface area contributed by atoms with E-state index in [1.54, 1.807) is 0 Å². The second-order valence-electron chi connectivity index (χ2n) is 4.48. The second kappa shape index (κ2) is 5.91. The Bertz CT molecular complexity index is 545. The van der Waals surface area contributed by atoms with E-state index < -0.39 is 33.7 Å². The van der Waals surface area contributed by atoms with E-state index in [9.17, 15) is 23.7 Å². The van der Waals surface area contributed by atoms with Crippen molar-refractivity contribution in [3.05, 3.63) is 39.4 Å². The Morgan fingerprint density at radius 3 is 2.85 bits per heavy atom. The molecule has 2 rings (SSSR count). The molecule has 0 spiro atoms. The number of ether oxygens (including phenoxy) is 1. The van der Waals surface area contributed by atoms with Crippen LogP contribution in [0.15, 0.2) is 12.1 Å². The van der Waals surface area contributed by atoms with Gasteiger partial charge in [0, 0.05) is 19.1 Å². The van der Waals surface area contributed by atoms with E-state index in [1.807, 2.05) is 0 Å². The van der Waals surface area contributed by atoms with Gasteiger partial charge in [0.05, 0.1) is 23.2 Å². The minimum Gasteiger partial charge on any atom is -0.381 e. The zero-order chi connectivity index (χ0) is 14.7. The standard InChI is InChI=1S/C12H12F2N2O4/c13-8-3-9(11(14)10(4-8)16(18)19)12(17)15-5-7-1-2-20-6-7/h3-4,7H,1-2,5-6H2,(H,15,17). The summed E-state index contributed by atoms with van der Waals surface area (Å²) < 4.78 is 32.1. The first kappa shape index (κ1) is 14.3. The van der Waals surface area contributed by atoms with Gasteiger partial charge in [-0.3, -0.25) is 14.9 Å². The van der Waals surface area contributed by atoms with Gasteiger partial charge in [-0.2, -0.15) is 4.39 Å². The van der Waals surface area contributed by atoms with Crippen LogP contribution in [0.2, 0.25) is 0 Å². The third kappa shape index (κ3) is 3.08.